The van der Waals surface area contributed by atoms with E-state index in [-0.39, 0.29) is 11.3 Å². The van der Waals surface area contributed by atoms with Gasteiger partial charge in [-0.25, -0.2) is 9.37 Å². The maximum atomic E-state index is 13.5. The number of aromatic nitrogens is 1. The van der Waals surface area contributed by atoms with Crippen molar-refractivity contribution in [2.75, 3.05) is 5.32 Å². The molecule has 1 amide bonds. The van der Waals surface area contributed by atoms with Gasteiger partial charge in [-0.2, -0.15) is 4.39 Å². The molecule has 1 aromatic heterocycles. The summed E-state index contributed by atoms with van der Waals surface area (Å²) in [4.78, 5) is 15.1. The lowest BCUT2D eigenvalue weighted by Gasteiger charge is -2.09. The lowest BCUT2D eigenvalue weighted by atomic mass is 10.1. The summed E-state index contributed by atoms with van der Waals surface area (Å²) >= 11 is 0. The van der Waals surface area contributed by atoms with E-state index in [2.05, 4.69) is 10.3 Å². The van der Waals surface area contributed by atoms with E-state index in [4.69, 9.17) is 0 Å². The predicted octanol–water partition coefficient (Wildman–Crippen LogP) is 2.92. The lowest BCUT2D eigenvalue weighted by Crippen LogP contribution is -2.16. The van der Waals surface area contributed by atoms with Crippen molar-refractivity contribution in [2.45, 2.75) is 6.92 Å². The first-order valence-electron chi connectivity index (χ1n) is 5.26. The zero-order valence-electron chi connectivity index (χ0n) is 9.58. The molecule has 1 heterocycles. The van der Waals surface area contributed by atoms with Gasteiger partial charge < -0.3 is 5.32 Å². The Morgan fingerprint density at radius 3 is 2.67 bits per heavy atom. The molecule has 0 unspecified atom stereocenters. The maximum Gasteiger partial charge on any atom is 0.260 e. The molecule has 1 N–H and O–H groups in total. The molecule has 0 spiro atoms. The highest BCUT2D eigenvalue weighted by molar-refractivity contribution is 6.04. The van der Waals surface area contributed by atoms with Crippen LogP contribution >= 0.6 is 0 Å². The number of anilines is 1. The summed E-state index contributed by atoms with van der Waals surface area (Å²) in [5.41, 5.74) is 0.388. The highest BCUT2D eigenvalue weighted by Crippen LogP contribution is 2.19. The first-order chi connectivity index (χ1) is 8.59. The Morgan fingerprint density at radius 1 is 1.22 bits per heavy atom. The van der Waals surface area contributed by atoms with Crippen LogP contribution in [0.4, 0.5) is 14.5 Å². The molecule has 0 saturated carbocycles. The van der Waals surface area contributed by atoms with Gasteiger partial charge in [0, 0.05) is 6.20 Å². The van der Waals surface area contributed by atoms with Crippen molar-refractivity contribution in [1.29, 1.82) is 0 Å². The Balaban J connectivity index is 2.30. The van der Waals surface area contributed by atoms with Gasteiger partial charge in [-0.3, -0.25) is 4.79 Å². The number of halogens is 2. The van der Waals surface area contributed by atoms with Crippen LogP contribution in [0.1, 0.15) is 15.9 Å². The summed E-state index contributed by atoms with van der Waals surface area (Å²) in [6, 6.07) is 7.13. The molecule has 0 aliphatic carbocycles. The Bertz CT molecular complexity index is 579. The first-order valence-corrected chi connectivity index (χ1v) is 5.26. The van der Waals surface area contributed by atoms with Crippen molar-refractivity contribution >= 4 is 11.6 Å². The SMILES string of the molecule is Cc1cccc(F)c1NC(=O)c1cccnc1F. The fourth-order valence-electron chi connectivity index (χ4n) is 1.53. The number of benzene rings is 1. The van der Waals surface area contributed by atoms with E-state index in [1.54, 1.807) is 13.0 Å². The number of nitrogens with zero attached hydrogens (tertiary/aromatic N) is 1. The van der Waals surface area contributed by atoms with Gasteiger partial charge in [-0.05, 0) is 30.7 Å². The van der Waals surface area contributed by atoms with Gasteiger partial charge >= 0.3 is 0 Å². The first kappa shape index (κ1) is 12.2. The summed E-state index contributed by atoms with van der Waals surface area (Å²) in [5.74, 6) is -2.18. The van der Waals surface area contributed by atoms with Gasteiger partial charge in [0.1, 0.15) is 5.82 Å². The smallest absolute Gasteiger partial charge is 0.260 e. The summed E-state index contributed by atoms with van der Waals surface area (Å²) < 4.78 is 26.8. The second-order valence-corrected chi connectivity index (χ2v) is 3.73. The molecular formula is C13H10F2N2O. The molecule has 0 aliphatic rings. The molecule has 3 nitrogen and oxygen atoms in total. The van der Waals surface area contributed by atoms with Crippen LogP contribution in [0, 0.1) is 18.7 Å². The van der Waals surface area contributed by atoms with Crippen molar-refractivity contribution in [3.8, 4) is 0 Å². The van der Waals surface area contributed by atoms with Crippen LogP contribution in [-0.2, 0) is 0 Å². The molecule has 0 fully saturated rings. The predicted molar refractivity (Wildman–Crippen MR) is 63.3 cm³/mol. The van der Waals surface area contributed by atoms with Gasteiger partial charge in [0.2, 0.25) is 5.95 Å². The third-order valence-corrected chi connectivity index (χ3v) is 2.46. The number of aryl methyl sites for hydroxylation is 1. The van der Waals surface area contributed by atoms with E-state index >= 15 is 0 Å². The van der Waals surface area contributed by atoms with E-state index in [0.29, 0.717) is 5.56 Å². The number of hydrogen-bond acceptors (Lipinski definition) is 2. The molecule has 2 aromatic rings. The average molecular weight is 248 g/mol. The molecular weight excluding hydrogens is 238 g/mol. The minimum absolute atomic E-state index is 0.0470. The molecule has 2 rings (SSSR count). The zero-order valence-corrected chi connectivity index (χ0v) is 9.58. The number of hydrogen-bond donors (Lipinski definition) is 1. The number of carbonyl (C=O) groups excluding carboxylic acids is 1. The van der Waals surface area contributed by atoms with E-state index in [1.807, 2.05) is 0 Å². The van der Waals surface area contributed by atoms with Crippen molar-refractivity contribution in [3.05, 3.63) is 59.4 Å². The lowest BCUT2D eigenvalue weighted by molar-refractivity contribution is 0.102. The van der Waals surface area contributed by atoms with Gasteiger partial charge in [0.05, 0.1) is 11.3 Å². The van der Waals surface area contributed by atoms with E-state index in [1.165, 1.54) is 30.5 Å². The van der Waals surface area contributed by atoms with Crippen LogP contribution in [0.2, 0.25) is 0 Å². The molecule has 92 valence electrons. The fourth-order valence-corrected chi connectivity index (χ4v) is 1.53. The highest BCUT2D eigenvalue weighted by Gasteiger charge is 2.15. The normalized spacial score (nSPS) is 10.2. The van der Waals surface area contributed by atoms with Gasteiger partial charge in [-0.1, -0.05) is 12.1 Å². The topological polar surface area (TPSA) is 42.0 Å². The molecule has 0 saturated heterocycles. The highest BCUT2D eigenvalue weighted by atomic mass is 19.1. The minimum atomic E-state index is -0.885. The van der Waals surface area contributed by atoms with Gasteiger partial charge in [-0.15, -0.1) is 0 Å². The molecule has 0 radical (unpaired) electrons. The second kappa shape index (κ2) is 4.91. The van der Waals surface area contributed by atoms with E-state index in [9.17, 15) is 13.6 Å². The largest absolute Gasteiger partial charge is 0.319 e. The molecule has 0 atom stereocenters. The molecule has 18 heavy (non-hydrogen) atoms. The number of pyridine rings is 1. The van der Waals surface area contributed by atoms with E-state index in [0.717, 1.165) is 0 Å². The quantitative estimate of drug-likeness (QED) is 0.830. The summed E-state index contributed by atoms with van der Waals surface area (Å²) in [7, 11) is 0. The minimum Gasteiger partial charge on any atom is -0.319 e. The number of carbonyl (C=O) groups is 1. The van der Waals surface area contributed by atoms with Crippen LogP contribution in [0.3, 0.4) is 0 Å². The average Bonchev–Trinajstić information content (AvgIpc) is 2.34. The van der Waals surface area contributed by atoms with Crippen molar-refractivity contribution in [1.82, 2.24) is 4.98 Å². The summed E-state index contributed by atoms with van der Waals surface area (Å²) in [5, 5.41) is 2.34. The summed E-state index contributed by atoms with van der Waals surface area (Å²) in [6.45, 7) is 1.65. The zero-order chi connectivity index (χ0) is 13.1. The Morgan fingerprint density at radius 2 is 2.00 bits per heavy atom. The maximum absolute atomic E-state index is 13.5. The molecule has 5 heteroatoms. The monoisotopic (exact) mass is 248 g/mol. The van der Waals surface area contributed by atoms with Crippen LogP contribution in [-0.4, -0.2) is 10.9 Å². The second-order valence-electron chi connectivity index (χ2n) is 3.73. The van der Waals surface area contributed by atoms with Crippen LogP contribution < -0.4 is 5.32 Å². The number of amides is 1. The number of rotatable bonds is 2. The Hall–Kier alpha value is -2.30. The third kappa shape index (κ3) is 2.34. The summed E-state index contributed by atoms with van der Waals surface area (Å²) in [6.07, 6.45) is 1.24. The number of nitrogens with one attached hydrogen (secondary N) is 1. The third-order valence-electron chi connectivity index (χ3n) is 2.46. The van der Waals surface area contributed by atoms with E-state index < -0.39 is 17.7 Å². The van der Waals surface area contributed by atoms with Crippen molar-refractivity contribution in [3.63, 3.8) is 0 Å². The van der Waals surface area contributed by atoms with Crippen LogP contribution in [0.5, 0.6) is 0 Å². The van der Waals surface area contributed by atoms with Crippen LogP contribution in [0.15, 0.2) is 36.5 Å². The standard InChI is InChI=1S/C13H10F2N2O/c1-8-4-2-6-10(14)11(8)17-13(18)9-5-3-7-16-12(9)15/h2-7H,1H3,(H,17,18). The fraction of sp³-hybridized carbons (Fsp3) is 0.0769. The molecule has 0 aliphatic heterocycles. The number of para-hydroxylation sites is 1. The Labute approximate surface area is 102 Å². The van der Waals surface area contributed by atoms with Crippen molar-refractivity contribution < 1.29 is 13.6 Å². The molecule has 0 bridgehead atoms. The van der Waals surface area contributed by atoms with Crippen LogP contribution in [0.25, 0.3) is 0 Å². The van der Waals surface area contributed by atoms with Crippen molar-refractivity contribution in [2.24, 2.45) is 0 Å². The van der Waals surface area contributed by atoms with Gasteiger partial charge in [0.15, 0.2) is 0 Å². The Kier molecular flexibility index (Phi) is 3.32. The van der Waals surface area contributed by atoms with Gasteiger partial charge in [0.25, 0.3) is 5.91 Å². The molecule has 1 aromatic carbocycles.